The predicted molar refractivity (Wildman–Crippen MR) is 86.7 cm³/mol. The van der Waals surface area contributed by atoms with Crippen molar-refractivity contribution in [3.05, 3.63) is 69.0 Å². The van der Waals surface area contributed by atoms with Crippen molar-refractivity contribution >= 4 is 23.3 Å². The molecule has 0 fully saturated rings. The maximum atomic E-state index is 13.6. The molecule has 0 saturated carbocycles. The SMILES string of the molecule is COC(=O)c1cc(NCc2ccc(C(N)=O)cc2[N+](=O)[O-])ccc1F. The van der Waals surface area contributed by atoms with E-state index >= 15 is 0 Å². The zero-order valence-electron chi connectivity index (χ0n) is 13.1. The average molecular weight is 347 g/mol. The van der Waals surface area contributed by atoms with Gasteiger partial charge >= 0.3 is 5.97 Å². The summed E-state index contributed by atoms with van der Waals surface area (Å²) in [5.41, 5.74) is 5.26. The highest BCUT2D eigenvalue weighted by Crippen LogP contribution is 2.22. The first-order valence-corrected chi connectivity index (χ1v) is 7.02. The summed E-state index contributed by atoms with van der Waals surface area (Å²) < 4.78 is 18.1. The van der Waals surface area contributed by atoms with Gasteiger partial charge < -0.3 is 15.8 Å². The molecule has 1 amide bonds. The molecule has 0 aromatic heterocycles. The number of amides is 1. The number of primary amides is 1. The monoisotopic (exact) mass is 347 g/mol. The minimum atomic E-state index is -0.835. The van der Waals surface area contributed by atoms with E-state index in [4.69, 9.17) is 5.73 Å². The number of hydrogen-bond donors (Lipinski definition) is 2. The number of methoxy groups -OCH3 is 1. The maximum absolute atomic E-state index is 13.6. The second-order valence-corrected chi connectivity index (χ2v) is 5.00. The zero-order chi connectivity index (χ0) is 18.6. The number of anilines is 1. The Hall–Kier alpha value is -3.49. The van der Waals surface area contributed by atoms with Gasteiger partial charge in [-0.3, -0.25) is 14.9 Å². The van der Waals surface area contributed by atoms with E-state index in [1.165, 1.54) is 24.3 Å². The fourth-order valence-corrected chi connectivity index (χ4v) is 2.14. The van der Waals surface area contributed by atoms with Gasteiger partial charge in [0.05, 0.1) is 17.6 Å². The first-order valence-electron chi connectivity index (χ1n) is 7.02. The second-order valence-electron chi connectivity index (χ2n) is 5.00. The number of carbonyl (C=O) groups is 2. The Morgan fingerprint density at radius 3 is 2.60 bits per heavy atom. The van der Waals surface area contributed by atoms with Gasteiger partial charge in [-0.25, -0.2) is 9.18 Å². The number of nitrogens with one attached hydrogen (secondary N) is 1. The van der Waals surface area contributed by atoms with Crippen LogP contribution in [0.5, 0.6) is 0 Å². The minimum absolute atomic E-state index is 0.0155. The standard InChI is InChI=1S/C16H14FN3O5/c1-25-16(22)12-7-11(4-5-13(12)17)19-8-10-3-2-9(15(18)21)6-14(10)20(23)24/h2-7,19H,8H2,1H3,(H2,18,21). The predicted octanol–water partition coefficient (Wildman–Crippen LogP) is 2.23. The van der Waals surface area contributed by atoms with Gasteiger partial charge in [0.1, 0.15) is 5.82 Å². The molecule has 9 heteroatoms. The molecule has 0 unspecified atom stereocenters. The van der Waals surface area contributed by atoms with Crippen LogP contribution in [0.15, 0.2) is 36.4 Å². The first-order chi connectivity index (χ1) is 11.8. The number of carbonyl (C=O) groups excluding carboxylic acids is 2. The first kappa shape index (κ1) is 17.9. The summed E-state index contributed by atoms with van der Waals surface area (Å²) in [4.78, 5) is 33.1. The van der Waals surface area contributed by atoms with Crippen molar-refractivity contribution in [3.63, 3.8) is 0 Å². The van der Waals surface area contributed by atoms with Crippen LogP contribution in [-0.4, -0.2) is 23.9 Å². The summed E-state index contributed by atoms with van der Waals surface area (Å²) in [6.45, 7) is 0.0155. The molecule has 130 valence electrons. The third-order valence-corrected chi connectivity index (χ3v) is 3.42. The van der Waals surface area contributed by atoms with Crippen molar-refractivity contribution < 1.29 is 23.6 Å². The molecular weight excluding hydrogens is 333 g/mol. The number of nitro groups is 1. The lowest BCUT2D eigenvalue weighted by atomic mass is 10.1. The van der Waals surface area contributed by atoms with Gasteiger partial charge in [0.15, 0.2) is 0 Å². The molecule has 0 aliphatic carbocycles. The molecule has 0 bridgehead atoms. The van der Waals surface area contributed by atoms with Crippen molar-refractivity contribution in [2.45, 2.75) is 6.54 Å². The average Bonchev–Trinajstić information content (AvgIpc) is 2.59. The molecule has 2 aromatic carbocycles. The van der Waals surface area contributed by atoms with Crippen LogP contribution in [0.1, 0.15) is 26.3 Å². The molecule has 0 aliphatic rings. The van der Waals surface area contributed by atoms with E-state index in [0.29, 0.717) is 11.3 Å². The Labute approximate surface area is 141 Å². The van der Waals surface area contributed by atoms with Crippen molar-refractivity contribution in [1.82, 2.24) is 0 Å². The van der Waals surface area contributed by atoms with E-state index in [0.717, 1.165) is 19.2 Å². The summed E-state index contributed by atoms with van der Waals surface area (Å²) in [6, 6.07) is 7.56. The van der Waals surface area contributed by atoms with Gasteiger partial charge in [-0.05, 0) is 30.3 Å². The molecule has 2 aromatic rings. The third-order valence-electron chi connectivity index (χ3n) is 3.42. The van der Waals surface area contributed by atoms with E-state index in [-0.39, 0.29) is 23.4 Å². The summed E-state index contributed by atoms with van der Waals surface area (Å²) in [7, 11) is 1.13. The number of ether oxygens (including phenoxy) is 1. The number of nitro benzene ring substituents is 1. The molecule has 0 saturated heterocycles. The molecule has 0 heterocycles. The Balaban J connectivity index is 2.25. The quantitative estimate of drug-likeness (QED) is 0.469. The van der Waals surface area contributed by atoms with Crippen LogP contribution in [-0.2, 0) is 11.3 Å². The normalized spacial score (nSPS) is 10.2. The Morgan fingerprint density at radius 1 is 1.28 bits per heavy atom. The van der Waals surface area contributed by atoms with Crippen molar-refractivity contribution in [1.29, 1.82) is 0 Å². The molecule has 0 atom stereocenters. The van der Waals surface area contributed by atoms with Gasteiger partial charge in [-0.15, -0.1) is 0 Å². The minimum Gasteiger partial charge on any atom is -0.465 e. The highest BCUT2D eigenvalue weighted by molar-refractivity contribution is 5.93. The molecule has 8 nitrogen and oxygen atoms in total. The van der Waals surface area contributed by atoms with Gasteiger partial charge in [0.25, 0.3) is 5.69 Å². The van der Waals surface area contributed by atoms with Crippen LogP contribution in [0.25, 0.3) is 0 Å². The van der Waals surface area contributed by atoms with E-state index in [9.17, 15) is 24.1 Å². The Bertz CT molecular complexity index is 854. The van der Waals surface area contributed by atoms with Crippen molar-refractivity contribution in [2.24, 2.45) is 5.73 Å². The highest BCUT2D eigenvalue weighted by Gasteiger charge is 2.17. The molecule has 2 rings (SSSR count). The summed E-state index contributed by atoms with van der Waals surface area (Å²) in [5, 5.41) is 14.0. The largest absolute Gasteiger partial charge is 0.465 e. The van der Waals surface area contributed by atoms with Gasteiger partial charge in [-0.1, -0.05) is 0 Å². The van der Waals surface area contributed by atoms with E-state index in [1.54, 1.807) is 0 Å². The van der Waals surface area contributed by atoms with Crippen LogP contribution in [0, 0.1) is 15.9 Å². The lowest BCUT2D eigenvalue weighted by Crippen LogP contribution is -2.12. The van der Waals surface area contributed by atoms with Crippen LogP contribution in [0.4, 0.5) is 15.8 Å². The van der Waals surface area contributed by atoms with E-state index < -0.39 is 22.6 Å². The third kappa shape index (κ3) is 4.08. The van der Waals surface area contributed by atoms with Crippen LogP contribution >= 0.6 is 0 Å². The van der Waals surface area contributed by atoms with Gasteiger partial charge in [0.2, 0.25) is 5.91 Å². The number of benzene rings is 2. The molecular formula is C16H14FN3O5. The van der Waals surface area contributed by atoms with Gasteiger partial charge in [-0.2, -0.15) is 0 Å². The summed E-state index contributed by atoms with van der Waals surface area (Å²) in [6.07, 6.45) is 0. The summed E-state index contributed by atoms with van der Waals surface area (Å²) >= 11 is 0. The summed E-state index contributed by atoms with van der Waals surface area (Å²) in [5.74, 6) is -2.35. The lowest BCUT2D eigenvalue weighted by molar-refractivity contribution is -0.385. The van der Waals surface area contributed by atoms with Crippen molar-refractivity contribution in [3.8, 4) is 0 Å². The number of nitrogens with zero attached hydrogens (tertiary/aromatic N) is 1. The van der Waals surface area contributed by atoms with E-state index in [1.807, 2.05) is 0 Å². The number of halogens is 1. The maximum Gasteiger partial charge on any atom is 0.340 e. The molecule has 3 N–H and O–H groups in total. The fraction of sp³-hybridized carbons (Fsp3) is 0.125. The number of rotatable bonds is 6. The molecule has 25 heavy (non-hydrogen) atoms. The number of nitrogens with two attached hydrogens (primary N) is 1. The fourth-order valence-electron chi connectivity index (χ4n) is 2.14. The van der Waals surface area contributed by atoms with Crippen LogP contribution in [0.2, 0.25) is 0 Å². The Morgan fingerprint density at radius 2 is 2.00 bits per heavy atom. The topological polar surface area (TPSA) is 125 Å². The smallest absolute Gasteiger partial charge is 0.340 e. The molecule has 0 spiro atoms. The zero-order valence-corrected chi connectivity index (χ0v) is 13.1. The highest BCUT2D eigenvalue weighted by atomic mass is 19.1. The number of esters is 1. The second kappa shape index (κ2) is 7.39. The number of hydrogen-bond acceptors (Lipinski definition) is 6. The van der Waals surface area contributed by atoms with Gasteiger partial charge in [0, 0.05) is 29.4 Å². The van der Waals surface area contributed by atoms with E-state index in [2.05, 4.69) is 10.1 Å². The van der Waals surface area contributed by atoms with Crippen LogP contribution < -0.4 is 11.1 Å². The van der Waals surface area contributed by atoms with Crippen LogP contribution in [0.3, 0.4) is 0 Å². The Kier molecular flexibility index (Phi) is 5.28. The molecule has 0 radical (unpaired) electrons. The molecule has 0 aliphatic heterocycles. The lowest BCUT2D eigenvalue weighted by Gasteiger charge is -2.09. The van der Waals surface area contributed by atoms with Crippen molar-refractivity contribution in [2.75, 3.05) is 12.4 Å².